The number of likely N-dealkylation sites (tertiary alicyclic amines) is 1. The van der Waals surface area contributed by atoms with Crippen LogP contribution in [0.1, 0.15) is 62.1 Å². The van der Waals surface area contributed by atoms with Gasteiger partial charge in [-0.3, -0.25) is 4.79 Å². The molecule has 1 aromatic heterocycles. The van der Waals surface area contributed by atoms with Gasteiger partial charge in [0.15, 0.2) is 0 Å². The molecule has 7 nitrogen and oxygen atoms in total. The Labute approximate surface area is 198 Å². The minimum atomic E-state index is -1.40. The lowest BCUT2D eigenvalue weighted by Crippen LogP contribution is -2.50. The first-order chi connectivity index (χ1) is 16.0. The van der Waals surface area contributed by atoms with Gasteiger partial charge in [0.05, 0.1) is 16.6 Å². The molecular weight excluding hydrogens is 438 g/mol. The van der Waals surface area contributed by atoms with Gasteiger partial charge in [-0.2, -0.15) is 0 Å². The zero-order chi connectivity index (χ0) is 22.9. The summed E-state index contributed by atoms with van der Waals surface area (Å²) in [5.74, 6) is -1.33. The van der Waals surface area contributed by atoms with Crippen molar-refractivity contribution in [2.45, 2.75) is 70.1 Å². The smallest absolute Gasteiger partial charge is 0.394 e. The lowest BCUT2D eigenvalue weighted by molar-refractivity contribution is -0.157. The van der Waals surface area contributed by atoms with E-state index in [0.29, 0.717) is 31.5 Å². The normalized spacial score (nSPS) is 25.2. The van der Waals surface area contributed by atoms with Crippen LogP contribution in [0, 0.1) is 0 Å². The first kappa shape index (κ1) is 22.3. The van der Waals surface area contributed by atoms with Crippen LogP contribution in [0.25, 0.3) is 10.6 Å². The van der Waals surface area contributed by atoms with Gasteiger partial charge in [0.2, 0.25) is 0 Å². The Morgan fingerprint density at radius 3 is 2.52 bits per heavy atom. The van der Waals surface area contributed by atoms with Gasteiger partial charge in [0, 0.05) is 37.4 Å². The number of nitrogens with zero attached hydrogens (tertiary/aromatic N) is 3. The predicted molar refractivity (Wildman–Crippen MR) is 126 cm³/mol. The molecule has 3 heterocycles. The number of hydrogen-bond donors (Lipinski definition) is 1. The van der Waals surface area contributed by atoms with E-state index in [4.69, 9.17) is 14.8 Å². The Kier molecular flexibility index (Phi) is 6.38. The van der Waals surface area contributed by atoms with Crippen molar-refractivity contribution in [1.29, 1.82) is 0 Å². The quantitative estimate of drug-likeness (QED) is 0.663. The number of hydrogen-bond acceptors (Lipinski definition) is 6. The lowest BCUT2D eigenvalue weighted by atomic mass is 9.86. The number of benzene rings is 1. The van der Waals surface area contributed by atoms with Gasteiger partial charge in [0.1, 0.15) is 16.9 Å². The molecule has 8 heteroatoms. The van der Waals surface area contributed by atoms with Crippen LogP contribution in [0.5, 0.6) is 5.75 Å². The summed E-state index contributed by atoms with van der Waals surface area (Å²) >= 11 is 1.56. The van der Waals surface area contributed by atoms with Crippen LogP contribution in [0.2, 0.25) is 0 Å². The number of piperidine rings is 1. The van der Waals surface area contributed by atoms with Crippen LogP contribution in [-0.4, -0.2) is 63.5 Å². The van der Waals surface area contributed by atoms with Crippen LogP contribution in [0.15, 0.2) is 24.3 Å². The number of carbonyl (C=O) groups excluding carboxylic acids is 1. The van der Waals surface area contributed by atoms with E-state index in [9.17, 15) is 9.59 Å². The van der Waals surface area contributed by atoms with Crippen molar-refractivity contribution in [3.63, 3.8) is 0 Å². The fraction of sp³-hybridized carbons (Fsp3) is 0.560. The molecule has 2 aromatic rings. The number of fused-ring (bicyclic) bond motifs is 1. The number of thiazole rings is 1. The van der Waals surface area contributed by atoms with Crippen LogP contribution < -0.4 is 4.74 Å². The van der Waals surface area contributed by atoms with Crippen molar-refractivity contribution in [3.05, 3.63) is 34.8 Å². The summed E-state index contributed by atoms with van der Waals surface area (Å²) < 4.78 is 6.20. The molecule has 0 spiro atoms. The molecule has 1 aromatic carbocycles. The van der Waals surface area contributed by atoms with Crippen LogP contribution in [-0.2, 0) is 16.0 Å². The number of aliphatic carboxylic acids is 1. The first-order valence-electron chi connectivity index (χ1n) is 12.1. The van der Waals surface area contributed by atoms with Crippen LogP contribution >= 0.6 is 11.3 Å². The highest BCUT2D eigenvalue weighted by Gasteiger charge is 2.36. The number of aromatic nitrogens is 1. The Morgan fingerprint density at radius 2 is 1.85 bits per heavy atom. The van der Waals surface area contributed by atoms with Gasteiger partial charge < -0.3 is 19.6 Å². The lowest BCUT2D eigenvalue weighted by Gasteiger charge is -2.44. The van der Waals surface area contributed by atoms with Gasteiger partial charge in [-0.1, -0.05) is 13.3 Å². The Morgan fingerprint density at radius 1 is 1.12 bits per heavy atom. The molecule has 0 bridgehead atoms. The van der Waals surface area contributed by atoms with E-state index >= 15 is 0 Å². The summed E-state index contributed by atoms with van der Waals surface area (Å²) in [6, 6.07) is 8.58. The molecular formula is C25H31N3O4S. The molecule has 1 saturated heterocycles. The van der Waals surface area contributed by atoms with Crippen molar-refractivity contribution in [1.82, 2.24) is 14.8 Å². The summed E-state index contributed by atoms with van der Waals surface area (Å²) in [7, 11) is 0. The average Bonchev–Trinajstić information content (AvgIpc) is 3.25. The second-order valence-corrected chi connectivity index (χ2v) is 10.3. The molecule has 0 radical (unpaired) electrons. The maximum atomic E-state index is 12.1. The SMILES string of the molecule is CCC1c2sc(-c3ccc(OC4CC(N5CCCCC5)C4)cc3)nc2CCN1C(=O)C(=O)O. The zero-order valence-electron chi connectivity index (χ0n) is 19.0. The molecule has 1 unspecified atom stereocenters. The molecule has 1 N–H and O–H groups in total. The monoisotopic (exact) mass is 469 g/mol. The summed E-state index contributed by atoms with van der Waals surface area (Å²) in [5.41, 5.74) is 2.00. The summed E-state index contributed by atoms with van der Waals surface area (Å²) in [5, 5.41) is 10.1. The Balaban J connectivity index is 1.22. The third-order valence-electron chi connectivity index (χ3n) is 7.21. The van der Waals surface area contributed by atoms with Crippen molar-refractivity contribution in [2.24, 2.45) is 0 Å². The molecule has 2 fully saturated rings. The number of carbonyl (C=O) groups is 2. The second-order valence-electron chi connectivity index (χ2n) is 9.29. The Bertz CT molecular complexity index is 1010. The topological polar surface area (TPSA) is 83.0 Å². The van der Waals surface area contributed by atoms with Crippen LogP contribution in [0.4, 0.5) is 0 Å². The van der Waals surface area contributed by atoms with Gasteiger partial charge in [-0.25, -0.2) is 9.78 Å². The molecule has 1 atom stereocenters. The third-order valence-corrected chi connectivity index (χ3v) is 8.46. The number of carboxylic acids is 1. The van der Waals surface area contributed by atoms with Gasteiger partial charge in [-0.15, -0.1) is 11.3 Å². The molecule has 2 aliphatic heterocycles. The van der Waals surface area contributed by atoms with Crippen molar-refractivity contribution >= 4 is 23.2 Å². The van der Waals surface area contributed by atoms with E-state index in [1.165, 1.54) is 37.3 Å². The zero-order valence-corrected chi connectivity index (χ0v) is 19.9. The summed E-state index contributed by atoms with van der Waals surface area (Å²) in [6.45, 7) is 4.85. The average molecular weight is 470 g/mol. The standard InChI is InChI=1S/C25H31N3O4S/c1-2-21-22-20(10-13-28(21)24(29)25(30)31)26-23(33-22)16-6-8-18(9-7-16)32-19-14-17(15-19)27-11-4-3-5-12-27/h6-9,17,19,21H,2-5,10-15H2,1H3,(H,30,31). The fourth-order valence-corrected chi connectivity index (χ4v) is 6.62. The van der Waals surface area contributed by atoms with E-state index in [1.807, 2.05) is 31.2 Å². The minimum Gasteiger partial charge on any atom is -0.490 e. The minimum absolute atomic E-state index is 0.224. The van der Waals surface area contributed by atoms with Gasteiger partial charge in [-0.05, 0) is 56.6 Å². The Hall–Kier alpha value is -2.45. The predicted octanol–water partition coefficient (Wildman–Crippen LogP) is 4.13. The first-order valence-corrected chi connectivity index (χ1v) is 12.9. The highest BCUT2D eigenvalue weighted by Crippen LogP contribution is 2.40. The fourth-order valence-electron chi connectivity index (χ4n) is 5.31. The van der Waals surface area contributed by atoms with E-state index < -0.39 is 11.9 Å². The molecule has 176 valence electrons. The molecule has 1 amide bonds. The van der Waals surface area contributed by atoms with E-state index in [1.54, 1.807) is 11.3 Å². The third kappa shape index (κ3) is 4.51. The van der Waals surface area contributed by atoms with E-state index in [2.05, 4.69) is 4.90 Å². The molecule has 33 heavy (non-hydrogen) atoms. The number of amides is 1. The number of ether oxygens (including phenoxy) is 1. The van der Waals surface area contributed by atoms with E-state index in [-0.39, 0.29) is 6.04 Å². The van der Waals surface area contributed by atoms with Crippen molar-refractivity contribution in [2.75, 3.05) is 19.6 Å². The summed E-state index contributed by atoms with van der Waals surface area (Å²) in [6.07, 6.45) is 7.82. The second kappa shape index (κ2) is 9.43. The number of carboxylic acid groups (broad SMARTS) is 1. The van der Waals surface area contributed by atoms with Gasteiger partial charge >= 0.3 is 11.9 Å². The van der Waals surface area contributed by atoms with Crippen molar-refractivity contribution in [3.8, 4) is 16.3 Å². The highest BCUT2D eigenvalue weighted by atomic mass is 32.1. The largest absolute Gasteiger partial charge is 0.490 e. The van der Waals surface area contributed by atoms with Crippen LogP contribution in [0.3, 0.4) is 0 Å². The van der Waals surface area contributed by atoms with E-state index in [0.717, 1.165) is 39.7 Å². The molecule has 1 saturated carbocycles. The molecule has 1 aliphatic carbocycles. The maximum absolute atomic E-state index is 12.1. The number of rotatable bonds is 5. The molecule has 5 rings (SSSR count). The summed E-state index contributed by atoms with van der Waals surface area (Å²) in [4.78, 5) is 33.3. The highest BCUT2D eigenvalue weighted by molar-refractivity contribution is 7.15. The molecule has 3 aliphatic rings. The van der Waals surface area contributed by atoms with Crippen molar-refractivity contribution < 1.29 is 19.4 Å². The van der Waals surface area contributed by atoms with Gasteiger partial charge in [0.25, 0.3) is 0 Å². The maximum Gasteiger partial charge on any atom is 0.394 e.